The summed E-state index contributed by atoms with van der Waals surface area (Å²) in [5.74, 6) is 0.417. The topological polar surface area (TPSA) is 67.4 Å². The maximum Gasteiger partial charge on any atom is 0.233 e. The third-order valence-corrected chi connectivity index (χ3v) is 4.00. The van der Waals surface area contributed by atoms with E-state index in [4.69, 9.17) is 4.74 Å². The van der Waals surface area contributed by atoms with E-state index in [1.165, 1.54) is 0 Å². The van der Waals surface area contributed by atoms with E-state index in [0.29, 0.717) is 25.4 Å². The third-order valence-electron chi connectivity index (χ3n) is 2.06. The van der Waals surface area contributed by atoms with Gasteiger partial charge in [0.2, 0.25) is 5.91 Å². The minimum absolute atomic E-state index is 0.0768. The molecule has 0 aliphatic heterocycles. The van der Waals surface area contributed by atoms with E-state index >= 15 is 0 Å². The smallest absolute Gasteiger partial charge is 0.233 e. The van der Waals surface area contributed by atoms with E-state index in [1.807, 2.05) is 20.8 Å². The highest BCUT2D eigenvalue weighted by Gasteiger charge is 2.18. The number of carbonyl (C=O) groups excluding carboxylic acids is 1. The Balaban J connectivity index is 3.55. The molecule has 0 heterocycles. The fourth-order valence-electron chi connectivity index (χ4n) is 1.03. The van der Waals surface area contributed by atoms with Gasteiger partial charge in [-0.1, -0.05) is 0 Å². The first kappa shape index (κ1) is 16.5. The lowest BCUT2D eigenvalue weighted by atomic mass is 10.3. The summed E-state index contributed by atoms with van der Waals surface area (Å²) in [5, 5.41) is 5.67. The Kier molecular flexibility index (Phi) is 8.37. The van der Waals surface area contributed by atoms with Crippen molar-refractivity contribution in [2.24, 2.45) is 0 Å². The first-order chi connectivity index (χ1) is 7.88. The van der Waals surface area contributed by atoms with Gasteiger partial charge in [0.1, 0.15) is 0 Å². The van der Waals surface area contributed by atoms with Gasteiger partial charge in [-0.25, -0.2) is 0 Å². The highest BCUT2D eigenvalue weighted by atomic mass is 32.2. The number of rotatable bonds is 8. The predicted octanol–water partition coefficient (Wildman–Crippen LogP) is -0.114. The molecule has 0 aromatic heterocycles. The van der Waals surface area contributed by atoms with Gasteiger partial charge in [0, 0.05) is 41.5 Å². The molecule has 0 saturated carbocycles. The summed E-state index contributed by atoms with van der Waals surface area (Å²) in [6.07, 6.45) is 0. The molecule has 0 saturated heterocycles. The maximum absolute atomic E-state index is 11.7. The van der Waals surface area contributed by atoms with Gasteiger partial charge in [0.05, 0.1) is 13.2 Å². The van der Waals surface area contributed by atoms with E-state index < -0.39 is 10.8 Å². The van der Waals surface area contributed by atoms with E-state index in [2.05, 4.69) is 10.6 Å². The molecule has 5 nitrogen and oxygen atoms in total. The average molecular weight is 264 g/mol. The van der Waals surface area contributed by atoms with Crippen LogP contribution in [0, 0.1) is 0 Å². The average Bonchev–Trinajstić information content (AvgIpc) is 2.23. The van der Waals surface area contributed by atoms with Gasteiger partial charge in [-0.2, -0.15) is 0 Å². The van der Waals surface area contributed by atoms with Crippen molar-refractivity contribution >= 4 is 16.7 Å². The highest BCUT2D eigenvalue weighted by molar-refractivity contribution is 7.86. The van der Waals surface area contributed by atoms with Gasteiger partial charge in [-0.3, -0.25) is 9.00 Å². The molecule has 0 aromatic carbocycles. The van der Waals surface area contributed by atoms with Crippen LogP contribution in [0.25, 0.3) is 0 Å². The van der Waals surface area contributed by atoms with Crippen molar-refractivity contribution in [2.75, 3.05) is 39.1 Å². The molecule has 17 heavy (non-hydrogen) atoms. The predicted molar refractivity (Wildman–Crippen MR) is 70.5 cm³/mol. The van der Waals surface area contributed by atoms with Crippen LogP contribution in [-0.4, -0.2) is 54.0 Å². The fraction of sp³-hybridized carbons (Fsp3) is 0.909. The SMILES string of the molecule is COCCNCC(=O)NCCS(=O)C(C)(C)C. The third kappa shape index (κ3) is 9.26. The van der Waals surface area contributed by atoms with Crippen LogP contribution < -0.4 is 10.6 Å². The lowest BCUT2D eigenvalue weighted by Crippen LogP contribution is -2.38. The van der Waals surface area contributed by atoms with E-state index in [0.717, 1.165) is 0 Å². The summed E-state index contributed by atoms with van der Waals surface area (Å²) >= 11 is 0. The quantitative estimate of drug-likeness (QED) is 0.600. The molecule has 1 atom stereocenters. The van der Waals surface area contributed by atoms with Crippen molar-refractivity contribution in [2.45, 2.75) is 25.5 Å². The van der Waals surface area contributed by atoms with Gasteiger partial charge in [-0.05, 0) is 20.8 Å². The molecule has 6 heteroatoms. The zero-order chi connectivity index (χ0) is 13.3. The van der Waals surface area contributed by atoms with Crippen molar-refractivity contribution in [3.63, 3.8) is 0 Å². The largest absolute Gasteiger partial charge is 0.383 e. The zero-order valence-electron chi connectivity index (χ0n) is 11.2. The summed E-state index contributed by atoms with van der Waals surface area (Å²) in [7, 11) is 0.697. The molecule has 0 aromatic rings. The summed E-state index contributed by atoms with van der Waals surface area (Å²) in [4.78, 5) is 11.3. The standard InChI is InChI=1S/C11H24N2O3S/c1-11(2,3)17(15)8-6-13-10(14)9-12-5-7-16-4/h12H,5-9H2,1-4H3,(H,13,14). The molecule has 0 aliphatic carbocycles. The van der Waals surface area contributed by atoms with Crippen LogP contribution in [0.2, 0.25) is 0 Å². The van der Waals surface area contributed by atoms with Crippen LogP contribution in [0.3, 0.4) is 0 Å². The molecule has 0 bridgehead atoms. The first-order valence-corrected chi connectivity index (χ1v) is 7.04. The zero-order valence-corrected chi connectivity index (χ0v) is 12.0. The van der Waals surface area contributed by atoms with Gasteiger partial charge in [0.25, 0.3) is 0 Å². The van der Waals surface area contributed by atoms with Crippen LogP contribution in [0.4, 0.5) is 0 Å². The molecule has 2 N–H and O–H groups in total. The fourth-order valence-corrected chi connectivity index (χ4v) is 1.93. The van der Waals surface area contributed by atoms with Crippen LogP contribution in [0.5, 0.6) is 0 Å². The molecule has 0 aliphatic rings. The maximum atomic E-state index is 11.7. The van der Waals surface area contributed by atoms with Crippen LogP contribution in [0.1, 0.15) is 20.8 Å². The first-order valence-electron chi connectivity index (χ1n) is 5.72. The summed E-state index contributed by atoms with van der Waals surface area (Å²) in [5.41, 5.74) is 0. The number of ether oxygens (including phenoxy) is 1. The van der Waals surface area contributed by atoms with E-state index in [-0.39, 0.29) is 17.2 Å². The van der Waals surface area contributed by atoms with Crippen molar-refractivity contribution in [1.82, 2.24) is 10.6 Å². The summed E-state index contributed by atoms with van der Waals surface area (Å²) in [6, 6.07) is 0. The summed E-state index contributed by atoms with van der Waals surface area (Å²) < 4.78 is 16.3. The van der Waals surface area contributed by atoms with Crippen molar-refractivity contribution in [3.8, 4) is 0 Å². The van der Waals surface area contributed by atoms with Crippen LogP contribution in [-0.2, 0) is 20.3 Å². The Bertz CT molecular complexity index is 252. The molecule has 1 unspecified atom stereocenters. The van der Waals surface area contributed by atoms with Crippen LogP contribution in [0.15, 0.2) is 0 Å². The number of hydrogen-bond acceptors (Lipinski definition) is 4. The van der Waals surface area contributed by atoms with Gasteiger partial charge < -0.3 is 15.4 Å². The normalized spacial score (nSPS) is 13.4. The Morgan fingerprint density at radius 2 is 1.94 bits per heavy atom. The van der Waals surface area contributed by atoms with Gasteiger partial charge >= 0.3 is 0 Å². The second-order valence-corrected chi connectivity index (χ2v) is 7.01. The van der Waals surface area contributed by atoms with Crippen molar-refractivity contribution in [1.29, 1.82) is 0 Å². The van der Waals surface area contributed by atoms with Gasteiger partial charge in [-0.15, -0.1) is 0 Å². The molecule has 1 amide bonds. The molecular weight excluding hydrogens is 240 g/mol. The molecular formula is C11H24N2O3S. The van der Waals surface area contributed by atoms with E-state index in [9.17, 15) is 9.00 Å². The Morgan fingerprint density at radius 3 is 2.47 bits per heavy atom. The second kappa shape index (κ2) is 8.60. The Morgan fingerprint density at radius 1 is 1.29 bits per heavy atom. The molecule has 102 valence electrons. The minimum Gasteiger partial charge on any atom is -0.383 e. The molecule has 0 fully saturated rings. The van der Waals surface area contributed by atoms with Crippen molar-refractivity contribution in [3.05, 3.63) is 0 Å². The number of methoxy groups -OCH3 is 1. The van der Waals surface area contributed by atoms with Gasteiger partial charge in [0.15, 0.2) is 0 Å². The Labute approximate surface area is 106 Å². The number of nitrogens with one attached hydrogen (secondary N) is 2. The number of amides is 1. The Hall–Kier alpha value is -0.460. The molecule has 0 spiro atoms. The molecule has 0 rings (SSSR count). The monoisotopic (exact) mass is 264 g/mol. The van der Waals surface area contributed by atoms with Crippen molar-refractivity contribution < 1.29 is 13.7 Å². The number of carbonyl (C=O) groups is 1. The lowest BCUT2D eigenvalue weighted by Gasteiger charge is -2.17. The highest BCUT2D eigenvalue weighted by Crippen LogP contribution is 2.10. The lowest BCUT2D eigenvalue weighted by molar-refractivity contribution is -0.120. The minimum atomic E-state index is -0.918. The second-order valence-electron chi connectivity index (χ2n) is 4.68. The number of hydrogen-bond donors (Lipinski definition) is 2. The summed E-state index contributed by atoms with van der Waals surface area (Å²) in [6.45, 7) is 7.74. The molecule has 0 radical (unpaired) electrons. The van der Waals surface area contributed by atoms with Crippen LogP contribution >= 0.6 is 0 Å². The van der Waals surface area contributed by atoms with E-state index in [1.54, 1.807) is 7.11 Å².